The van der Waals surface area contributed by atoms with Crippen molar-refractivity contribution < 1.29 is 31.5 Å². The molecule has 0 aromatic carbocycles. The number of aliphatic carboxylic acids is 1. The molecule has 0 unspecified atom stereocenters. The Balaban J connectivity index is 2.34. The molecule has 1 aliphatic heterocycles. The Bertz CT molecular complexity index is 642. The summed E-state index contributed by atoms with van der Waals surface area (Å²) in [7, 11) is -4.22. The van der Waals surface area contributed by atoms with Crippen LogP contribution in [0.4, 0.5) is 13.2 Å². The molecule has 1 fully saturated rings. The molecule has 21 heavy (non-hydrogen) atoms. The maximum absolute atomic E-state index is 12.4. The third-order valence-corrected chi connectivity index (χ3v) is 4.95. The highest BCUT2D eigenvalue weighted by Crippen LogP contribution is 2.30. The topological polar surface area (TPSA) is 87.6 Å². The third kappa shape index (κ3) is 3.00. The van der Waals surface area contributed by atoms with Crippen molar-refractivity contribution in [2.24, 2.45) is 0 Å². The lowest BCUT2D eigenvalue weighted by atomic mass is 10.2. The van der Waals surface area contributed by atoms with E-state index in [0.29, 0.717) is 18.7 Å². The van der Waals surface area contributed by atoms with E-state index in [2.05, 4.69) is 4.98 Å². The van der Waals surface area contributed by atoms with Gasteiger partial charge in [0.1, 0.15) is 6.04 Å². The van der Waals surface area contributed by atoms with Gasteiger partial charge in [0.05, 0.1) is 5.56 Å². The fourth-order valence-electron chi connectivity index (χ4n) is 2.10. The lowest BCUT2D eigenvalue weighted by Gasteiger charge is -2.20. The molecule has 6 nitrogen and oxygen atoms in total. The number of carboxylic acid groups (broad SMARTS) is 1. The van der Waals surface area contributed by atoms with Gasteiger partial charge in [0, 0.05) is 12.7 Å². The summed E-state index contributed by atoms with van der Waals surface area (Å²) in [5.41, 5.74) is -1.07. The van der Waals surface area contributed by atoms with Crippen LogP contribution in [0.25, 0.3) is 0 Å². The molecule has 10 heteroatoms. The summed E-state index contributed by atoms with van der Waals surface area (Å²) in [5, 5.41) is 8.38. The van der Waals surface area contributed by atoms with Gasteiger partial charge in [-0.2, -0.15) is 17.5 Å². The number of hydrogen-bond acceptors (Lipinski definition) is 4. The number of halogens is 3. The van der Waals surface area contributed by atoms with E-state index in [-0.39, 0.29) is 13.0 Å². The first-order valence-corrected chi connectivity index (χ1v) is 7.36. The minimum atomic E-state index is -4.62. The van der Waals surface area contributed by atoms with Crippen LogP contribution >= 0.6 is 0 Å². The van der Waals surface area contributed by atoms with Crippen LogP contribution < -0.4 is 0 Å². The Morgan fingerprint density at radius 2 is 2.05 bits per heavy atom. The monoisotopic (exact) mass is 324 g/mol. The minimum absolute atomic E-state index is 0.00199. The average molecular weight is 324 g/mol. The summed E-state index contributed by atoms with van der Waals surface area (Å²) < 4.78 is 62.4. The highest BCUT2D eigenvalue weighted by Gasteiger charge is 2.40. The first kappa shape index (κ1) is 15.7. The molecule has 1 saturated heterocycles. The minimum Gasteiger partial charge on any atom is -0.480 e. The second-order valence-electron chi connectivity index (χ2n) is 4.49. The predicted octanol–water partition coefficient (Wildman–Crippen LogP) is 1.34. The third-order valence-electron chi connectivity index (χ3n) is 3.13. The number of nitrogens with zero attached hydrogens (tertiary/aromatic N) is 2. The number of carboxylic acids is 1. The van der Waals surface area contributed by atoms with E-state index in [9.17, 15) is 26.4 Å². The van der Waals surface area contributed by atoms with Gasteiger partial charge in [0.25, 0.3) is 10.0 Å². The SMILES string of the molecule is O=C(O)[C@H]1CCCN1S(=O)(=O)c1ccc(C(F)(F)F)cn1. The molecule has 0 radical (unpaired) electrons. The zero-order valence-corrected chi connectivity index (χ0v) is 11.4. The van der Waals surface area contributed by atoms with Crippen molar-refractivity contribution in [3.8, 4) is 0 Å². The van der Waals surface area contributed by atoms with Gasteiger partial charge >= 0.3 is 12.1 Å². The first-order valence-electron chi connectivity index (χ1n) is 5.92. The van der Waals surface area contributed by atoms with Crippen LogP contribution in [0.5, 0.6) is 0 Å². The molecule has 0 bridgehead atoms. The van der Waals surface area contributed by atoms with Gasteiger partial charge in [-0.15, -0.1) is 0 Å². The quantitative estimate of drug-likeness (QED) is 0.906. The van der Waals surface area contributed by atoms with Crippen LogP contribution in [-0.2, 0) is 21.0 Å². The van der Waals surface area contributed by atoms with Crippen LogP contribution in [0.2, 0.25) is 0 Å². The van der Waals surface area contributed by atoms with Gasteiger partial charge in [-0.25, -0.2) is 13.4 Å². The van der Waals surface area contributed by atoms with Crippen molar-refractivity contribution in [2.45, 2.75) is 30.1 Å². The largest absolute Gasteiger partial charge is 0.480 e. The molecular formula is C11H11F3N2O4S. The number of aromatic nitrogens is 1. The van der Waals surface area contributed by atoms with Crippen molar-refractivity contribution >= 4 is 16.0 Å². The molecule has 0 saturated carbocycles. The summed E-state index contributed by atoms with van der Waals surface area (Å²) >= 11 is 0. The second-order valence-corrected chi connectivity index (χ2v) is 6.33. The first-order chi connectivity index (χ1) is 9.64. The number of carbonyl (C=O) groups is 1. The maximum atomic E-state index is 12.4. The molecule has 116 valence electrons. The Kier molecular flexibility index (Phi) is 3.93. The van der Waals surface area contributed by atoms with E-state index >= 15 is 0 Å². The normalized spacial score (nSPS) is 20.6. The summed E-state index contributed by atoms with van der Waals surface area (Å²) in [6, 6.07) is 0.125. The standard InChI is InChI=1S/C11H11F3N2O4S/c12-11(13,14)7-3-4-9(15-6-7)21(19,20)16-5-1-2-8(16)10(17)18/h3-4,6,8H,1-2,5H2,(H,17,18)/t8-/m1/s1. The number of hydrogen-bond donors (Lipinski definition) is 1. The van der Waals surface area contributed by atoms with Gasteiger partial charge in [-0.1, -0.05) is 0 Å². The molecule has 1 aliphatic rings. The Labute approximate surface area is 118 Å². The van der Waals surface area contributed by atoms with Crippen molar-refractivity contribution in [3.05, 3.63) is 23.9 Å². The van der Waals surface area contributed by atoms with Crippen molar-refractivity contribution in [2.75, 3.05) is 6.54 Å². The zero-order valence-electron chi connectivity index (χ0n) is 10.5. The smallest absolute Gasteiger partial charge is 0.417 e. The van der Waals surface area contributed by atoms with E-state index in [4.69, 9.17) is 5.11 Å². The van der Waals surface area contributed by atoms with E-state index in [1.54, 1.807) is 0 Å². The Morgan fingerprint density at radius 3 is 2.52 bits per heavy atom. The van der Waals surface area contributed by atoms with Gasteiger partial charge in [-0.05, 0) is 25.0 Å². The number of rotatable bonds is 3. The molecule has 0 aliphatic carbocycles. The van der Waals surface area contributed by atoms with Crippen LogP contribution in [-0.4, -0.2) is 41.4 Å². The predicted molar refractivity (Wildman–Crippen MR) is 63.8 cm³/mol. The van der Waals surface area contributed by atoms with E-state index in [1.807, 2.05) is 0 Å². The number of alkyl halides is 3. The molecule has 1 aromatic rings. The zero-order chi connectivity index (χ0) is 15.8. The lowest BCUT2D eigenvalue weighted by Crippen LogP contribution is -2.40. The molecule has 1 atom stereocenters. The van der Waals surface area contributed by atoms with Crippen LogP contribution in [0, 0.1) is 0 Å². The Hall–Kier alpha value is -1.68. The van der Waals surface area contributed by atoms with Gasteiger partial charge in [-0.3, -0.25) is 4.79 Å². The van der Waals surface area contributed by atoms with Gasteiger partial charge in [0.2, 0.25) is 0 Å². The second kappa shape index (κ2) is 5.26. The van der Waals surface area contributed by atoms with Crippen LogP contribution in [0.15, 0.2) is 23.4 Å². The van der Waals surface area contributed by atoms with Gasteiger partial charge in [0.15, 0.2) is 5.03 Å². The van der Waals surface area contributed by atoms with Crippen molar-refractivity contribution in [3.63, 3.8) is 0 Å². The van der Waals surface area contributed by atoms with Crippen LogP contribution in [0.1, 0.15) is 18.4 Å². The highest BCUT2D eigenvalue weighted by atomic mass is 32.2. The molecule has 2 rings (SSSR count). The molecule has 0 spiro atoms. The van der Waals surface area contributed by atoms with Gasteiger partial charge < -0.3 is 5.11 Å². The fraction of sp³-hybridized carbons (Fsp3) is 0.455. The van der Waals surface area contributed by atoms with Crippen molar-refractivity contribution in [1.29, 1.82) is 0 Å². The molecule has 0 amide bonds. The molecule has 1 N–H and O–H groups in total. The maximum Gasteiger partial charge on any atom is 0.417 e. The Morgan fingerprint density at radius 1 is 1.38 bits per heavy atom. The van der Waals surface area contributed by atoms with Crippen molar-refractivity contribution in [1.82, 2.24) is 9.29 Å². The molecular weight excluding hydrogens is 313 g/mol. The summed E-state index contributed by atoms with van der Waals surface area (Å²) in [6.07, 6.45) is -3.67. The summed E-state index contributed by atoms with van der Waals surface area (Å²) in [6.45, 7) is 0.00199. The molecule has 2 heterocycles. The highest BCUT2D eigenvalue weighted by molar-refractivity contribution is 7.89. The number of pyridine rings is 1. The molecule has 1 aromatic heterocycles. The number of sulfonamides is 1. The van der Waals surface area contributed by atoms with E-state index in [1.165, 1.54) is 0 Å². The van der Waals surface area contributed by atoms with Crippen LogP contribution in [0.3, 0.4) is 0 Å². The summed E-state index contributed by atoms with van der Waals surface area (Å²) in [4.78, 5) is 14.3. The summed E-state index contributed by atoms with van der Waals surface area (Å²) in [5.74, 6) is -1.29. The van der Waals surface area contributed by atoms with E-state index < -0.39 is 38.8 Å². The average Bonchev–Trinajstić information content (AvgIpc) is 2.88. The van der Waals surface area contributed by atoms with E-state index in [0.717, 1.165) is 10.4 Å². The lowest BCUT2D eigenvalue weighted by molar-refractivity contribution is -0.140. The fourth-order valence-corrected chi connectivity index (χ4v) is 3.66.